The van der Waals surface area contributed by atoms with Gasteiger partial charge in [0.25, 0.3) is 0 Å². The number of hydrogen-bond donors (Lipinski definition) is 3. The summed E-state index contributed by atoms with van der Waals surface area (Å²) >= 11 is 1.61. The minimum absolute atomic E-state index is 0. The van der Waals surface area contributed by atoms with E-state index in [1.54, 1.807) is 31.0 Å². The molecule has 0 bridgehead atoms. The van der Waals surface area contributed by atoms with Gasteiger partial charge in [-0.15, -0.1) is 17.8 Å². The van der Waals surface area contributed by atoms with Gasteiger partial charge < -0.3 is 35.8 Å². The number of rotatable bonds is 11. The van der Waals surface area contributed by atoms with Crippen LogP contribution in [0.3, 0.4) is 0 Å². The van der Waals surface area contributed by atoms with E-state index >= 15 is 0 Å². The average Bonchev–Trinajstić information content (AvgIpc) is 3.35. The van der Waals surface area contributed by atoms with Crippen LogP contribution in [0.25, 0.3) is 5.43 Å². The molecule has 0 amide bonds. The van der Waals surface area contributed by atoms with Crippen LogP contribution in [0.15, 0.2) is 41.3 Å². The maximum atomic E-state index is 13.6. The molecule has 2 atom stereocenters. The molecule has 2 aliphatic heterocycles. The molecule has 3 N–H and O–H groups in total. The quantitative estimate of drug-likeness (QED) is 0.137. The molecule has 1 saturated heterocycles. The number of anilines is 3. The van der Waals surface area contributed by atoms with Crippen molar-refractivity contribution in [3.63, 3.8) is 0 Å². The van der Waals surface area contributed by atoms with Crippen LogP contribution in [0.1, 0.15) is 39.2 Å². The number of nitrogens with zero attached hydrogens (tertiary/aromatic N) is 3. The Bertz CT molecular complexity index is 1220. The molecule has 7 nitrogen and oxygen atoms in total. The maximum Gasteiger partial charge on any atom is 0.405 e. The summed E-state index contributed by atoms with van der Waals surface area (Å²) in [6.07, 6.45) is -0.208. The molecule has 4 rings (SSSR count). The van der Waals surface area contributed by atoms with Crippen molar-refractivity contribution in [3.8, 4) is 17.6 Å². The minimum Gasteiger partial charge on any atom is -0.568 e. The fourth-order valence-corrected chi connectivity index (χ4v) is 5.72. The predicted octanol–water partition coefficient (Wildman–Crippen LogP) is 6.64. The first kappa shape index (κ1) is 38.5. The van der Waals surface area contributed by atoms with E-state index in [-0.39, 0.29) is 57.8 Å². The SMILES string of the molecule is CC.COc1cc(SC)ccc1NCC#CC1Cc2c(N[N-]C3CCN(CC(C)CO)CC3)cccc2N1CC(F)(F)F.[Y]. The minimum atomic E-state index is -4.36. The molecular weight excluding hydrogens is 664 g/mol. The predicted molar refractivity (Wildman–Crippen MR) is 172 cm³/mol. The number of alkyl halides is 3. The first-order valence-corrected chi connectivity index (χ1v) is 16.1. The molecule has 2 heterocycles. The first-order valence-electron chi connectivity index (χ1n) is 14.9. The summed E-state index contributed by atoms with van der Waals surface area (Å²) in [6.45, 7) is 8.11. The number of aliphatic hydroxyl groups is 1. The summed E-state index contributed by atoms with van der Waals surface area (Å²) in [7, 11) is 1.60. The number of fused-ring (bicyclic) bond motifs is 1. The zero-order valence-corrected chi connectivity index (χ0v) is 30.0. The number of methoxy groups -OCH3 is 1. The number of likely N-dealkylation sites (tertiary alicyclic amines) is 1. The molecule has 2 aliphatic rings. The van der Waals surface area contributed by atoms with Crippen LogP contribution in [0.2, 0.25) is 0 Å². The normalized spacial score (nSPS) is 17.3. The zero-order chi connectivity index (χ0) is 31.4. The van der Waals surface area contributed by atoms with Crippen molar-refractivity contribution in [2.45, 2.75) is 63.2 Å². The van der Waals surface area contributed by atoms with Crippen molar-refractivity contribution in [1.82, 2.24) is 4.90 Å². The molecule has 1 fully saturated rings. The smallest absolute Gasteiger partial charge is 0.405 e. The maximum absolute atomic E-state index is 13.6. The summed E-state index contributed by atoms with van der Waals surface area (Å²) in [5.74, 6) is 7.05. The van der Waals surface area contributed by atoms with Crippen LogP contribution < -0.4 is 20.4 Å². The molecule has 0 aliphatic carbocycles. The van der Waals surface area contributed by atoms with Gasteiger partial charge in [-0.3, -0.25) is 0 Å². The zero-order valence-electron chi connectivity index (χ0n) is 26.4. The molecule has 241 valence electrons. The van der Waals surface area contributed by atoms with Crippen molar-refractivity contribution in [1.29, 1.82) is 0 Å². The van der Waals surface area contributed by atoms with E-state index in [1.165, 1.54) is 4.90 Å². The van der Waals surface area contributed by atoms with Gasteiger partial charge >= 0.3 is 6.18 Å². The van der Waals surface area contributed by atoms with Gasteiger partial charge in [-0.2, -0.15) is 13.2 Å². The summed E-state index contributed by atoms with van der Waals surface area (Å²) in [5.41, 5.74) is 10.7. The van der Waals surface area contributed by atoms with Gasteiger partial charge in [0.1, 0.15) is 12.3 Å². The third-order valence-corrected chi connectivity index (χ3v) is 8.16. The molecule has 2 aromatic rings. The Labute approximate surface area is 290 Å². The third-order valence-electron chi connectivity index (χ3n) is 7.43. The summed E-state index contributed by atoms with van der Waals surface area (Å²) in [4.78, 5) is 4.76. The number of piperidine rings is 1. The van der Waals surface area contributed by atoms with E-state index in [2.05, 4.69) is 27.5 Å². The van der Waals surface area contributed by atoms with Crippen molar-refractivity contribution in [2.75, 3.05) is 68.3 Å². The second kappa shape index (κ2) is 19.1. The van der Waals surface area contributed by atoms with Crippen LogP contribution in [-0.4, -0.2) is 81.0 Å². The number of benzene rings is 2. The second-order valence-corrected chi connectivity index (χ2v) is 11.4. The van der Waals surface area contributed by atoms with Gasteiger partial charge in [-0.05, 0) is 55.6 Å². The van der Waals surface area contributed by atoms with E-state index in [1.807, 2.05) is 51.3 Å². The summed E-state index contributed by atoms with van der Waals surface area (Å²) in [5, 5.41) is 12.5. The summed E-state index contributed by atoms with van der Waals surface area (Å²) < 4.78 is 46.2. The van der Waals surface area contributed by atoms with E-state index < -0.39 is 18.8 Å². The average molecular weight is 710 g/mol. The van der Waals surface area contributed by atoms with Crippen LogP contribution in [0.5, 0.6) is 5.75 Å². The van der Waals surface area contributed by atoms with E-state index in [0.29, 0.717) is 17.9 Å². The standard InChI is InChI=1S/C30H39F3N5O2S.C2H6.Y/c1-21(19-39)18-37-14-11-22(12-15-37)35-36-26-7-4-8-28-25(26)16-23(38(28)20-30(31,32)33)6-5-13-34-27-10-9-24(41-3)17-29(27)40-2;1-2;/h4,7-10,17,21-23,34,36,39H,11-16,18-20H2,1-3H3;1-2H3;/q-1;;. The Balaban J connectivity index is 0.00000220. The fraction of sp³-hybridized carbons (Fsp3) is 0.562. The second-order valence-electron chi connectivity index (χ2n) is 10.6. The van der Waals surface area contributed by atoms with Crippen LogP contribution in [0, 0.1) is 17.8 Å². The molecule has 1 radical (unpaired) electrons. The first-order chi connectivity index (χ1) is 20.7. The number of halogens is 3. The van der Waals surface area contributed by atoms with Gasteiger partial charge in [0.15, 0.2) is 0 Å². The molecule has 0 saturated carbocycles. The Morgan fingerprint density at radius 2 is 1.89 bits per heavy atom. The van der Waals surface area contributed by atoms with Crippen molar-refractivity contribution in [3.05, 3.63) is 47.4 Å². The number of nitrogens with one attached hydrogen (secondary N) is 2. The topological polar surface area (TPSA) is 74.1 Å². The van der Waals surface area contributed by atoms with Gasteiger partial charge in [-0.1, -0.05) is 51.5 Å². The van der Waals surface area contributed by atoms with E-state index in [9.17, 15) is 18.3 Å². The molecule has 2 aromatic carbocycles. The molecule has 44 heavy (non-hydrogen) atoms. The van der Waals surface area contributed by atoms with Crippen LogP contribution >= 0.6 is 11.8 Å². The molecule has 0 spiro atoms. The Morgan fingerprint density at radius 3 is 2.52 bits per heavy atom. The van der Waals surface area contributed by atoms with Crippen LogP contribution in [0.4, 0.5) is 30.2 Å². The summed E-state index contributed by atoms with van der Waals surface area (Å²) in [6, 6.07) is 10.7. The Hall–Kier alpha value is -1.68. The molecular formula is C32H45F3N5O2SY-. The third kappa shape index (κ3) is 11.3. The van der Waals surface area contributed by atoms with E-state index in [0.717, 1.165) is 54.3 Å². The van der Waals surface area contributed by atoms with Gasteiger partial charge in [0.05, 0.1) is 25.4 Å². The molecule has 0 aromatic heterocycles. The largest absolute Gasteiger partial charge is 0.568 e. The number of thioether (sulfide) groups is 1. The van der Waals surface area contributed by atoms with Crippen molar-refractivity contribution >= 4 is 28.8 Å². The number of aliphatic hydroxyl groups excluding tert-OH is 1. The van der Waals surface area contributed by atoms with Gasteiger partial charge in [0.2, 0.25) is 0 Å². The van der Waals surface area contributed by atoms with Gasteiger partial charge in [-0.25, -0.2) is 0 Å². The van der Waals surface area contributed by atoms with Gasteiger partial charge in [0, 0.05) is 74.1 Å². The molecule has 2 unspecified atom stereocenters. The molecule has 12 heteroatoms. The number of ether oxygens (including phenoxy) is 1. The number of hydrogen-bond acceptors (Lipinski definition) is 7. The van der Waals surface area contributed by atoms with E-state index in [4.69, 9.17) is 10.2 Å². The van der Waals surface area contributed by atoms with Crippen molar-refractivity contribution in [2.24, 2.45) is 5.92 Å². The fourth-order valence-electron chi connectivity index (χ4n) is 5.30. The van der Waals surface area contributed by atoms with Crippen molar-refractivity contribution < 1.29 is 55.7 Å². The van der Waals surface area contributed by atoms with Crippen LogP contribution in [-0.2, 0) is 39.1 Å². The Kier molecular flexibility index (Phi) is 16.7. The Morgan fingerprint density at radius 1 is 1.16 bits per heavy atom. The monoisotopic (exact) mass is 709 g/mol.